The van der Waals surface area contributed by atoms with Gasteiger partial charge in [0.25, 0.3) is 5.91 Å². The number of nitrogens with zero attached hydrogens (tertiary/aromatic N) is 2. The van der Waals surface area contributed by atoms with Crippen LogP contribution in [-0.4, -0.2) is 29.6 Å². The van der Waals surface area contributed by atoms with Crippen molar-refractivity contribution in [3.63, 3.8) is 0 Å². The van der Waals surface area contributed by atoms with E-state index < -0.39 is 17.1 Å². The second kappa shape index (κ2) is 11.6. The topological polar surface area (TPSA) is 99.5 Å². The van der Waals surface area contributed by atoms with Crippen molar-refractivity contribution in [2.45, 2.75) is 25.5 Å². The summed E-state index contributed by atoms with van der Waals surface area (Å²) in [6, 6.07) is 25.1. The average Bonchev–Trinajstić information content (AvgIpc) is 3.22. The fourth-order valence-corrected chi connectivity index (χ4v) is 5.14. The third-order valence-electron chi connectivity index (χ3n) is 5.72. The number of ether oxygens (including phenoxy) is 1. The molecule has 1 heterocycles. The summed E-state index contributed by atoms with van der Waals surface area (Å²) >= 11 is 1.19. The molecule has 37 heavy (non-hydrogen) atoms. The number of aryl methyl sites for hydroxylation is 1. The van der Waals surface area contributed by atoms with E-state index in [-0.39, 0.29) is 23.1 Å². The van der Waals surface area contributed by atoms with Crippen molar-refractivity contribution >= 4 is 40.9 Å². The molecule has 7 nitrogen and oxygen atoms in total. The summed E-state index contributed by atoms with van der Waals surface area (Å²) in [6.07, 6.45) is 0.359. The summed E-state index contributed by atoms with van der Waals surface area (Å²) in [5.41, 5.74) is 3.32. The molecule has 0 aliphatic carbocycles. The van der Waals surface area contributed by atoms with E-state index >= 15 is 0 Å². The Morgan fingerprint density at radius 1 is 1.03 bits per heavy atom. The first kappa shape index (κ1) is 25.7. The van der Waals surface area contributed by atoms with E-state index in [9.17, 15) is 19.6 Å². The van der Waals surface area contributed by atoms with Crippen LogP contribution >= 0.6 is 11.8 Å². The van der Waals surface area contributed by atoms with Crippen LogP contribution in [0.3, 0.4) is 0 Å². The minimum absolute atomic E-state index is 0.136. The zero-order valence-corrected chi connectivity index (χ0v) is 21.2. The number of rotatable bonds is 7. The minimum atomic E-state index is -0.581. The van der Waals surface area contributed by atoms with Crippen LogP contribution in [0.15, 0.2) is 89.5 Å². The highest BCUT2D eigenvalue weighted by atomic mass is 32.2. The first-order valence-corrected chi connectivity index (χ1v) is 12.6. The number of benzene rings is 3. The Labute approximate surface area is 219 Å². The number of nitrogens with one attached hydrogen (secondary N) is 1. The first-order chi connectivity index (χ1) is 17.9. The lowest BCUT2D eigenvalue weighted by Gasteiger charge is -2.18. The zero-order valence-electron chi connectivity index (χ0n) is 20.4. The third kappa shape index (κ3) is 5.90. The van der Waals surface area contributed by atoms with Crippen molar-refractivity contribution in [3.05, 3.63) is 106 Å². The Morgan fingerprint density at radius 2 is 1.70 bits per heavy atom. The van der Waals surface area contributed by atoms with Gasteiger partial charge in [0, 0.05) is 11.4 Å². The third-order valence-corrected chi connectivity index (χ3v) is 6.98. The maximum absolute atomic E-state index is 13.6. The number of esters is 1. The van der Waals surface area contributed by atoms with Gasteiger partial charge in [0.05, 0.1) is 17.4 Å². The van der Waals surface area contributed by atoms with Gasteiger partial charge in [0.15, 0.2) is 0 Å². The van der Waals surface area contributed by atoms with Gasteiger partial charge in [0.1, 0.15) is 16.7 Å². The van der Waals surface area contributed by atoms with Gasteiger partial charge in [-0.2, -0.15) is 5.26 Å². The van der Waals surface area contributed by atoms with Gasteiger partial charge >= 0.3 is 5.97 Å². The van der Waals surface area contributed by atoms with Crippen molar-refractivity contribution in [3.8, 4) is 6.07 Å². The van der Waals surface area contributed by atoms with Gasteiger partial charge in [-0.25, -0.2) is 4.79 Å². The predicted molar refractivity (Wildman–Crippen MR) is 144 cm³/mol. The lowest BCUT2D eigenvalue weighted by atomic mass is 10.1. The van der Waals surface area contributed by atoms with Crippen LogP contribution < -0.4 is 10.2 Å². The first-order valence-electron chi connectivity index (χ1n) is 11.8. The molecule has 0 radical (unpaired) electrons. The van der Waals surface area contributed by atoms with Crippen LogP contribution in [0.1, 0.15) is 28.4 Å². The largest absolute Gasteiger partial charge is 0.462 e. The van der Waals surface area contributed by atoms with Crippen LogP contribution in [0.25, 0.3) is 0 Å². The average molecular weight is 512 g/mol. The predicted octanol–water partition coefficient (Wildman–Crippen LogP) is 5.24. The van der Waals surface area contributed by atoms with Crippen molar-refractivity contribution < 1.29 is 19.1 Å². The molecule has 1 atom stereocenters. The number of para-hydroxylation sites is 1. The van der Waals surface area contributed by atoms with Gasteiger partial charge in [-0.15, -0.1) is 0 Å². The van der Waals surface area contributed by atoms with Crippen LogP contribution in [0, 0.1) is 18.3 Å². The van der Waals surface area contributed by atoms with Gasteiger partial charge in [-0.1, -0.05) is 59.8 Å². The SMILES string of the molecule is CCOC(=O)c1ccc(CC2S/C(=C(/C#N)C(=O)Nc3ccc(C)cc3)N(c3ccccc3)C2=O)cc1. The fourth-order valence-electron chi connectivity index (χ4n) is 3.83. The lowest BCUT2D eigenvalue weighted by molar-refractivity contribution is -0.117. The molecule has 3 aromatic rings. The highest BCUT2D eigenvalue weighted by Crippen LogP contribution is 2.42. The molecule has 0 saturated carbocycles. The van der Waals surface area contributed by atoms with Crippen LogP contribution in [0.4, 0.5) is 11.4 Å². The molecule has 4 rings (SSSR count). The molecule has 2 amide bonds. The second-order valence-electron chi connectivity index (χ2n) is 8.35. The number of hydrogen-bond donors (Lipinski definition) is 1. The smallest absolute Gasteiger partial charge is 0.338 e. The molecular weight excluding hydrogens is 486 g/mol. The number of amides is 2. The Balaban J connectivity index is 1.64. The molecular formula is C29H25N3O4S. The minimum Gasteiger partial charge on any atom is -0.462 e. The van der Waals surface area contributed by atoms with E-state index in [0.717, 1.165) is 11.1 Å². The number of thioether (sulfide) groups is 1. The summed E-state index contributed by atoms with van der Waals surface area (Å²) in [5, 5.41) is 12.5. The molecule has 0 aromatic heterocycles. The van der Waals surface area contributed by atoms with Gasteiger partial charge in [-0.05, 0) is 62.2 Å². The summed E-state index contributed by atoms with van der Waals surface area (Å²) in [7, 11) is 0. The molecule has 186 valence electrons. The summed E-state index contributed by atoms with van der Waals surface area (Å²) in [6.45, 7) is 3.98. The Kier molecular flexibility index (Phi) is 8.06. The van der Waals surface area contributed by atoms with Crippen LogP contribution in [0.2, 0.25) is 0 Å². The number of hydrogen-bond acceptors (Lipinski definition) is 6. The Hall–Kier alpha value is -4.35. The van der Waals surface area contributed by atoms with Crippen molar-refractivity contribution in [1.29, 1.82) is 5.26 Å². The number of anilines is 2. The van der Waals surface area contributed by atoms with Gasteiger partial charge in [0.2, 0.25) is 5.91 Å². The van der Waals surface area contributed by atoms with Gasteiger partial charge < -0.3 is 10.1 Å². The maximum Gasteiger partial charge on any atom is 0.338 e. The summed E-state index contributed by atoms with van der Waals surface area (Å²) < 4.78 is 5.03. The van der Waals surface area contributed by atoms with E-state index in [4.69, 9.17) is 4.74 Å². The molecule has 1 N–H and O–H groups in total. The molecule has 1 fully saturated rings. The Morgan fingerprint density at radius 3 is 2.32 bits per heavy atom. The number of carbonyl (C=O) groups excluding carboxylic acids is 3. The molecule has 1 aliphatic heterocycles. The lowest BCUT2D eigenvalue weighted by Crippen LogP contribution is -2.30. The maximum atomic E-state index is 13.6. The van der Waals surface area contributed by atoms with E-state index in [1.54, 1.807) is 67.6 Å². The van der Waals surface area contributed by atoms with E-state index in [0.29, 0.717) is 23.4 Å². The van der Waals surface area contributed by atoms with Crippen molar-refractivity contribution in [2.24, 2.45) is 0 Å². The molecule has 3 aromatic carbocycles. The number of nitriles is 1. The van der Waals surface area contributed by atoms with Crippen molar-refractivity contribution in [2.75, 3.05) is 16.8 Å². The molecule has 1 aliphatic rings. The quantitative estimate of drug-likeness (QED) is 0.265. The van der Waals surface area contributed by atoms with E-state index in [1.807, 2.05) is 31.2 Å². The Bertz CT molecular complexity index is 1380. The van der Waals surface area contributed by atoms with Gasteiger partial charge in [-0.3, -0.25) is 14.5 Å². The van der Waals surface area contributed by atoms with Crippen LogP contribution in [0.5, 0.6) is 0 Å². The molecule has 0 spiro atoms. The van der Waals surface area contributed by atoms with Crippen molar-refractivity contribution in [1.82, 2.24) is 0 Å². The number of carbonyl (C=O) groups is 3. The second-order valence-corrected chi connectivity index (χ2v) is 9.54. The monoisotopic (exact) mass is 511 g/mol. The van der Waals surface area contributed by atoms with Crippen LogP contribution in [-0.2, 0) is 20.7 Å². The summed E-state index contributed by atoms with van der Waals surface area (Å²) in [5.74, 6) is -1.21. The zero-order chi connectivity index (χ0) is 26.4. The normalized spacial score (nSPS) is 16.2. The summed E-state index contributed by atoms with van der Waals surface area (Å²) in [4.78, 5) is 40.1. The molecule has 8 heteroatoms. The highest BCUT2D eigenvalue weighted by molar-refractivity contribution is 8.05. The fraction of sp³-hybridized carbons (Fsp3) is 0.172. The van der Waals surface area contributed by atoms with E-state index in [2.05, 4.69) is 5.32 Å². The highest BCUT2D eigenvalue weighted by Gasteiger charge is 2.40. The standard InChI is InChI=1S/C29H25N3O4S/c1-3-36-29(35)21-13-11-20(12-14-21)17-25-27(34)32(23-7-5-4-6-8-23)28(37-25)24(18-30)26(33)31-22-15-9-19(2)10-16-22/h4-16,25H,3,17H2,1-2H3,(H,31,33)/b28-24-. The molecule has 1 saturated heterocycles. The van der Waals surface area contributed by atoms with E-state index in [1.165, 1.54) is 16.7 Å². The molecule has 0 bridgehead atoms. The molecule has 1 unspecified atom stereocenters.